The number of hydrogen-bond donors (Lipinski definition) is 2. The van der Waals surface area contributed by atoms with Crippen LogP contribution >= 0.6 is 0 Å². The van der Waals surface area contributed by atoms with Crippen molar-refractivity contribution < 1.29 is 14.3 Å². The van der Waals surface area contributed by atoms with Gasteiger partial charge < -0.3 is 4.74 Å². The van der Waals surface area contributed by atoms with Gasteiger partial charge in [-0.15, -0.1) is 0 Å². The maximum atomic E-state index is 12.2. The molecule has 0 aliphatic rings. The Balaban J connectivity index is 1.61. The molecule has 0 bridgehead atoms. The van der Waals surface area contributed by atoms with Crippen LogP contribution in [-0.2, 0) is 11.2 Å². The van der Waals surface area contributed by atoms with Crippen molar-refractivity contribution >= 4 is 18.1 Å². The van der Waals surface area contributed by atoms with Gasteiger partial charge in [0.2, 0.25) is 0 Å². The number of carbonyl (C=O) groups is 2. The van der Waals surface area contributed by atoms with Gasteiger partial charge in [-0.05, 0) is 35.7 Å². The van der Waals surface area contributed by atoms with Crippen LogP contribution < -0.4 is 5.43 Å². The van der Waals surface area contributed by atoms with Crippen LogP contribution in [0.4, 0.5) is 0 Å². The van der Waals surface area contributed by atoms with Gasteiger partial charge in [0.05, 0.1) is 24.6 Å². The van der Waals surface area contributed by atoms with E-state index in [4.69, 9.17) is 0 Å². The average molecular weight is 376 g/mol. The van der Waals surface area contributed by atoms with Crippen LogP contribution in [0.5, 0.6) is 0 Å². The summed E-state index contributed by atoms with van der Waals surface area (Å²) in [6.07, 6.45) is 2.46. The number of carbonyl (C=O) groups excluding carboxylic acids is 2. The monoisotopic (exact) mass is 376 g/mol. The van der Waals surface area contributed by atoms with Gasteiger partial charge in [0.25, 0.3) is 5.91 Å². The maximum absolute atomic E-state index is 12.2. The molecule has 0 aliphatic heterocycles. The molecule has 142 valence electrons. The van der Waals surface area contributed by atoms with Gasteiger partial charge in [-0.3, -0.25) is 9.89 Å². The predicted molar refractivity (Wildman–Crippen MR) is 106 cm³/mol. The number of benzene rings is 2. The van der Waals surface area contributed by atoms with Crippen molar-refractivity contribution in [2.24, 2.45) is 5.10 Å². The Morgan fingerprint density at radius 2 is 1.86 bits per heavy atom. The van der Waals surface area contributed by atoms with Gasteiger partial charge in [0.15, 0.2) is 0 Å². The largest absolute Gasteiger partial charge is 0.465 e. The summed E-state index contributed by atoms with van der Waals surface area (Å²) in [6.45, 7) is 2.10. The molecule has 1 amide bonds. The van der Waals surface area contributed by atoms with Crippen LogP contribution in [0.3, 0.4) is 0 Å². The van der Waals surface area contributed by atoms with E-state index >= 15 is 0 Å². The van der Waals surface area contributed by atoms with E-state index in [0.717, 1.165) is 17.5 Å². The number of ether oxygens (including phenoxy) is 1. The lowest BCUT2D eigenvalue weighted by atomic mass is 10.1. The lowest BCUT2D eigenvalue weighted by Crippen LogP contribution is -2.18. The number of hydrogen-bond acceptors (Lipinski definition) is 5. The number of nitrogens with zero attached hydrogens (tertiary/aromatic N) is 2. The number of methoxy groups -OCH3 is 1. The second kappa shape index (κ2) is 8.77. The number of amides is 1. The molecule has 2 aromatic carbocycles. The minimum atomic E-state index is -0.406. The van der Waals surface area contributed by atoms with Crippen LogP contribution in [0.1, 0.15) is 38.9 Å². The fourth-order valence-corrected chi connectivity index (χ4v) is 2.55. The van der Waals surface area contributed by atoms with Crippen molar-refractivity contribution in [1.29, 1.82) is 0 Å². The Bertz CT molecular complexity index is 989. The van der Waals surface area contributed by atoms with Crippen LogP contribution in [0.2, 0.25) is 0 Å². The molecule has 1 aromatic heterocycles. The molecule has 0 unspecified atom stereocenters. The first-order chi connectivity index (χ1) is 13.6. The molecule has 0 atom stereocenters. The predicted octanol–water partition coefficient (Wildman–Crippen LogP) is 3.19. The van der Waals surface area contributed by atoms with E-state index in [0.29, 0.717) is 17.0 Å². The fraction of sp³-hybridized carbons (Fsp3) is 0.143. The zero-order valence-corrected chi connectivity index (χ0v) is 15.6. The molecule has 7 heteroatoms. The molecular formula is C21H20N4O3. The standard InChI is InChI=1S/C21H20N4O3/c1-3-14-4-8-16(9-5-14)18-12-19(24-23-18)20(26)25-22-13-15-6-10-17(11-7-15)21(27)28-2/h4-13H,3H2,1-2H3,(H,23,24)(H,25,26)/b22-13+. The Hall–Kier alpha value is -3.74. The lowest BCUT2D eigenvalue weighted by Gasteiger charge is -1.99. The molecule has 0 saturated carbocycles. The van der Waals surface area contributed by atoms with Crippen LogP contribution in [0.15, 0.2) is 59.7 Å². The summed E-state index contributed by atoms with van der Waals surface area (Å²) in [4.78, 5) is 23.6. The molecule has 2 N–H and O–H groups in total. The average Bonchev–Trinajstić information content (AvgIpc) is 3.24. The van der Waals surface area contributed by atoms with Crippen LogP contribution in [0.25, 0.3) is 11.3 Å². The number of aromatic nitrogens is 2. The molecular weight excluding hydrogens is 356 g/mol. The summed E-state index contributed by atoms with van der Waals surface area (Å²) in [5, 5.41) is 10.8. The molecule has 0 saturated heterocycles. The summed E-state index contributed by atoms with van der Waals surface area (Å²) in [5.41, 5.74) is 6.80. The minimum Gasteiger partial charge on any atom is -0.465 e. The van der Waals surface area contributed by atoms with Crippen molar-refractivity contribution in [3.63, 3.8) is 0 Å². The number of H-pyrrole nitrogens is 1. The lowest BCUT2D eigenvalue weighted by molar-refractivity contribution is 0.0600. The highest BCUT2D eigenvalue weighted by atomic mass is 16.5. The van der Waals surface area contributed by atoms with Gasteiger partial charge in [-0.1, -0.05) is 43.3 Å². The second-order valence-electron chi connectivity index (χ2n) is 6.03. The Morgan fingerprint density at radius 3 is 2.50 bits per heavy atom. The van der Waals surface area contributed by atoms with E-state index < -0.39 is 11.9 Å². The zero-order chi connectivity index (χ0) is 19.9. The number of rotatable bonds is 6. The molecule has 3 rings (SSSR count). The van der Waals surface area contributed by atoms with Crippen LogP contribution in [-0.4, -0.2) is 35.4 Å². The van der Waals surface area contributed by atoms with E-state index in [1.807, 2.05) is 24.3 Å². The summed E-state index contributed by atoms with van der Waals surface area (Å²) < 4.78 is 4.64. The Kier molecular flexibility index (Phi) is 5.96. The third kappa shape index (κ3) is 4.50. The van der Waals surface area contributed by atoms with E-state index in [9.17, 15) is 9.59 Å². The normalized spacial score (nSPS) is 10.8. The Morgan fingerprint density at radius 1 is 1.14 bits per heavy atom. The number of nitrogens with one attached hydrogen (secondary N) is 2. The molecule has 7 nitrogen and oxygen atoms in total. The summed E-state index contributed by atoms with van der Waals surface area (Å²) >= 11 is 0. The van der Waals surface area contributed by atoms with Crippen molar-refractivity contribution in [3.8, 4) is 11.3 Å². The van der Waals surface area contributed by atoms with Gasteiger partial charge in [0, 0.05) is 5.56 Å². The highest BCUT2D eigenvalue weighted by molar-refractivity contribution is 5.94. The molecule has 1 heterocycles. The van der Waals surface area contributed by atoms with E-state index in [-0.39, 0.29) is 0 Å². The van der Waals surface area contributed by atoms with E-state index in [2.05, 4.69) is 32.4 Å². The number of aromatic amines is 1. The molecule has 0 spiro atoms. The molecule has 3 aromatic rings. The quantitative estimate of drug-likeness (QED) is 0.392. The minimum absolute atomic E-state index is 0.313. The summed E-state index contributed by atoms with van der Waals surface area (Å²) in [5.74, 6) is -0.803. The van der Waals surface area contributed by atoms with E-state index in [1.54, 1.807) is 30.3 Å². The number of esters is 1. The Labute approximate surface area is 162 Å². The topological polar surface area (TPSA) is 96.4 Å². The van der Waals surface area contributed by atoms with Gasteiger partial charge in [-0.2, -0.15) is 10.2 Å². The number of hydrazone groups is 1. The smallest absolute Gasteiger partial charge is 0.337 e. The van der Waals surface area contributed by atoms with Crippen molar-refractivity contribution in [3.05, 3.63) is 77.0 Å². The highest BCUT2D eigenvalue weighted by Gasteiger charge is 2.10. The molecule has 0 radical (unpaired) electrons. The SMILES string of the molecule is CCc1ccc(-c2cc(C(=O)N/N=C/c3ccc(C(=O)OC)cc3)[nH]n2)cc1. The maximum Gasteiger partial charge on any atom is 0.337 e. The summed E-state index contributed by atoms with van der Waals surface area (Å²) in [6, 6.07) is 16.4. The van der Waals surface area contributed by atoms with Gasteiger partial charge >= 0.3 is 5.97 Å². The first-order valence-electron chi connectivity index (χ1n) is 8.77. The molecule has 28 heavy (non-hydrogen) atoms. The third-order valence-corrected chi connectivity index (χ3v) is 4.19. The third-order valence-electron chi connectivity index (χ3n) is 4.19. The van der Waals surface area contributed by atoms with Crippen molar-refractivity contribution in [2.75, 3.05) is 7.11 Å². The van der Waals surface area contributed by atoms with Crippen molar-refractivity contribution in [2.45, 2.75) is 13.3 Å². The first-order valence-corrected chi connectivity index (χ1v) is 8.77. The van der Waals surface area contributed by atoms with Crippen LogP contribution in [0, 0.1) is 0 Å². The molecule has 0 aliphatic carbocycles. The van der Waals surface area contributed by atoms with Gasteiger partial charge in [-0.25, -0.2) is 10.2 Å². The highest BCUT2D eigenvalue weighted by Crippen LogP contribution is 2.18. The first kappa shape index (κ1) is 19.0. The van der Waals surface area contributed by atoms with Gasteiger partial charge in [0.1, 0.15) is 5.69 Å². The van der Waals surface area contributed by atoms with E-state index in [1.165, 1.54) is 18.9 Å². The fourth-order valence-electron chi connectivity index (χ4n) is 2.55. The molecule has 0 fully saturated rings. The zero-order valence-electron chi connectivity index (χ0n) is 15.6. The number of aryl methyl sites for hydroxylation is 1. The summed E-state index contributed by atoms with van der Waals surface area (Å²) in [7, 11) is 1.33. The van der Waals surface area contributed by atoms with Crippen molar-refractivity contribution in [1.82, 2.24) is 15.6 Å². The second-order valence-corrected chi connectivity index (χ2v) is 6.03.